The van der Waals surface area contributed by atoms with Gasteiger partial charge in [-0.05, 0) is 126 Å². The van der Waals surface area contributed by atoms with Gasteiger partial charge in [0, 0.05) is 6.20 Å². The molecule has 7 aromatic rings. The van der Waals surface area contributed by atoms with Crippen LogP contribution in [0.15, 0.2) is 200 Å². The third-order valence-corrected chi connectivity index (χ3v) is 9.42. The van der Waals surface area contributed by atoms with Crippen LogP contribution in [0.2, 0.25) is 0 Å². The molecule has 0 spiro atoms. The van der Waals surface area contributed by atoms with Crippen LogP contribution in [0.25, 0.3) is 60.1 Å². The van der Waals surface area contributed by atoms with Gasteiger partial charge in [0.2, 0.25) is 0 Å². The lowest BCUT2D eigenvalue weighted by Gasteiger charge is -2.15. The summed E-state index contributed by atoms with van der Waals surface area (Å²) in [6, 6.07) is 48.2. The third kappa shape index (κ3) is 7.57. The predicted molar refractivity (Wildman–Crippen MR) is 227 cm³/mol. The average molecular weight is 672 g/mol. The molecule has 0 N–H and O–H groups in total. The summed E-state index contributed by atoms with van der Waals surface area (Å²) in [6.45, 7) is 14.0. The van der Waals surface area contributed by atoms with Gasteiger partial charge in [-0.3, -0.25) is 4.98 Å². The molecule has 0 amide bonds. The van der Waals surface area contributed by atoms with Gasteiger partial charge in [0.1, 0.15) is 0 Å². The van der Waals surface area contributed by atoms with E-state index in [0.29, 0.717) is 0 Å². The van der Waals surface area contributed by atoms with Gasteiger partial charge in [-0.1, -0.05) is 161 Å². The lowest BCUT2D eigenvalue weighted by atomic mass is 9.89. The minimum absolute atomic E-state index is 0.763. The molecule has 0 fully saturated rings. The second kappa shape index (κ2) is 17.1. The third-order valence-electron chi connectivity index (χ3n) is 9.42. The number of nitrogens with zero attached hydrogens (tertiary/aromatic N) is 1. The summed E-state index contributed by atoms with van der Waals surface area (Å²) in [6.07, 6.45) is 13.7. The molecule has 1 heteroatoms. The number of fused-ring (bicyclic) bond motifs is 6. The van der Waals surface area contributed by atoms with Crippen LogP contribution in [0.4, 0.5) is 0 Å². The van der Waals surface area contributed by atoms with Crippen molar-refractivity contribution < 1.29 is 0 Å². The van der Waals surface area contributed by atoms with Crippen LogP contribution in [0.1, 0.15) is 38.4 Å². The Morgan fingerprint density at radius 2 is 1.23 bits per heavy atom. The fourth-order valence-corrected chi connectivity index (χ4v) is 6.94. The molecule has 0 aliphatic heterocycles. The summed E-state index contributed by atoms with van der Waals surface area (Å²) in [4.78, 5) is 4.62. The van der Waals surface area contributed by atoms with Crippen LogP contribution in [0.3, 0.4) is 0 Å². The van der Waals surface area contributed by atoms with Crippen molar-refractivity contribution in [2.75, 3.05) is 0 Å². The normalized spacial score (nSPS) is 11.9. The van der Waals surface area contributed by atoms with Crippen LogP contribution >= 0.6 is 0 Å². The SMILES string of the molecule is C=C=C/C=C(C=C)/C(=C/Cc1cccc(-c2ccccc2-c2ccc3c4ccccc4c4ccccc4c3c2)c1)/C=C(\CC)c1ccccn1.CC. The Bertz CT molecular complexity index is 2470. The Morgan fingerprint density at radius 1 is 0.635 bits per heavy atom. The van der Waals surface area contributed by atoms with Crippen LogP contribution in [-0.2, 0) is 6.42 Å². The Labute approximate surface area is 309 Å². The lowest BCUT2D eigenvalue weighted by Crippen LogP contribution is -1.93. The average Bonchev–Trinajstić information content (AvgIpc) is 3.22. The van der Waals surface area contributed by atoms with Crippen molar-refractivity contribution in [1.82, 2.24) is 4.98 Å². The molecule has 7 rings (SSSR count). The van der Waals surface area contributed by atoms with E-state index >= 15 is 0 Å². The molecule has 52 heavy (non-hydrogen) atoms. The molecular weight excluding hydrogens is 627 g/mol. The van der Waals surface area contributed by atoms with Crippen LogP contribution < -0.4 is 0 Å². The minimum atomic E-state index is 0.763. The topological polar surface area (TPSA) is 12.9 Å². The minimum Gasteiger partial charge on any atom is -0.257 e. The standard InChI is InChI=1S/C49H39N.C2H6/c1-4-7-18-36(5-2)38(33-37(6-3)49-26-14-15-31-50-49)28-27-35-17-16-19-39(32-35)41-20-8-9-21-42(41)40-29-30-47-45-24-11-10-22-43(45)44-23-12-13-25-46(44)48(47)34-40;1-2/h5,7-26,28-34H,1-2,6,27H2,3H3;1-2H3/b36-18+,37-33+,38-28+;. The van der Waals surface area contributed by atoms with Crippen molar-refractivity contribution in [2.24, 2.45) is 0 Å². The van der Waals surface area contributed by atoms with E-state index in [9.17, 15) is 0 Å². The van der Waals surface area contributed by atoms with Gasteiger partial charge in [0.25, 0.3) is 0 Å². The highest BCUT2D eigenvalue weighted by Crippen LogP contribution is 2.39. The molecule has 0 radical (unpaired) electrons. The van der Waals surface area contributed by atoms with Crippen LogP contribution in [0.5, 0.6) is 0 Å². The summed E-state index contributed by atoms with van der Waals surface area (Å²) in [5, 5.41) is 7.72. The Morgan fingerprint density at radius 3 is 1.83 bits per heavy atom. The van der Waals surface area contributed by atoms with Crippen molar-refractivity contribution in [1.29, 1.82) is 0 Å². The molecule has 0 unspecified atom stereocenters. The number of benzene rings is 6. The first-order valence-electron chi connectivity index (χ1n) is 18.2. The molecule has 0 aliphatic carbocycles. The fourth-order valence-electron chi connectivity index (χ4n) is 6.94. The van der Waals surface area contributed by atoms with E-state index in [1.54, 1.807) is 0 Å². The zero-order chi connectivity index (χ0) is 36.3. The van der Waals surface area contributed by atoms with E-state index in [1.807, 2.05) is 50.4 Å². The fraction of sp³-hybridized carbons (Fsp3) is 0.0980. The number of rotatable bonds is 10. The smallest absolute Gasteiger partial charge is 0.0661 e. The first kappa shape index (κ1) is 35.6. The maximum Gasteiger partial charge on any atom is 0.0661 e. The van der Waals surface area contributed by atoms with Gasteiger partial charge in [-0.25, -0.2) is 0 Å². The molecule has 0 bridgehead atoms. The van der Waals surface area contributed by atoms with Gasteiger partial charge in [-0.15, -0.1) is 5.73 Å². The van der Waals surface area contributed by atoms with E-state index in [0.717, 1.165) is 29.7 Å². The Hall–Kier alpha value is -6.27. The van der Waals surface area contributed by atoms with Crippen molar-refractivity contribution in [3.8, 4) is 22.3 Å². The Balaban J connectivity index is 0.00000228. The molecule has 254 valence electrons. The summed E-state index contributed by atoms with van der Waals surface area (Å²) in [5.74, 6) is 0. The molecule has 1 heterocycles. The molecular formula is C51H45N. The van der Waals surface area contributed by atoms with E-state index in [1.165, 1.54) is 65.7 Å². The summed E-state index contributed by atoms with van der Waals surface area (Å²) in [5.41, 5.74) is 13.2. The van der Waals surface area contributed by atoms with Crippen molar-refractivity contribution in [2.45, 2.75) is 33.6 Å². The predicted octanol–water partition coefficient (Wildman–Crippen LogP) is 14.3. The first-order chi connectivity index (χ1) is 25.7. The van der Waals surface area contributed by atoms with Gasteiger partial charge in [-0.2, -0.15) is 0 Å². The number of aromatic nitrogens is 1. The maximum atomic E-state index is 4.62. The van der Waals surface area contributed by atoms with E-state index in [-0.39, 0.29) is 0 Å². The van der Waals surface area contributed by atoms with Gasteiger partial charge in [0.05, 0.1) is 5.69 Å². The summed E-state index contributed by atoms with van der Waals surface area (Å²) >= 11 is 0. The quantitative estimate of drug-likeness (QED) is 0.0801. The van der Waals surface area contributed by atoms with Gasteiger partial charge in [0.15, 0.2) is 0 Å². The summed E-state index contributed by atoms with van der Waals surface area (Å²) < 4.78 is 0. The number of hydrogen-bond donors (Lipinski definition) is 0. The number of allylic oxidation sites excluding steroid dienone is 8. The molecule has 0 saturated carbocycles. The van der Waals surface area contributed by atoms with E-state index < -0.39 is 0 Å². The van der Waals surface area contributed by atoms with Crippen molar-refractivity contribution >= 4 is 37.9 Å². The molecule has 1 aromatic heterocycles. The van der Waals surface area contributed by atoms with Gasteiger partial charge >= 0.3 is 0 Å². The summed E-state index contributed by atoms with van der Waals surface area (Å²) in [7, 11) is 0. The van der Waals surface area contributed by atoms with Crippen molar-refractivity contribution in [3.63, 3.8) is 0 Å². The largest absolute Gasteiger partial charge is 0.257 e. The highest BCUT2D eigenvalue weighted by molar-refractivity contribution is 6.25. The monoisotopic (exact) mass is 671 g/mol. The molecule has 0 atom stereocenters. The Kier molecular flexibility index (Phi) is 11.7. The molecule has 0 saturated heterocycles. The van der Waals surface area contributed by atoms with Crippen molar-refractivity contribution in [3.05, 3.63) is 211 Å². The zero-order valence-corrected chi connectivity index (χ0v) is 30.4. The van der Waals surface area contributed by atoms with Gasteiger partial charge < -0.3 is 0 Å². The molecule has 6 aromatic carbocycles. The van der Waals surface area contributed by atoms with Crippen LogP contribution in [0, 0.1) is 0 Å². The molecule has 0 aliphatic rings. The number of pyridine rings is 1. The zero-order valence-electron chi connectivity index (χ0n) is 30.4. The van der Waals surface area contributed by atoms with E-state index in [4.69, 9.17) is 0 Å². The highest BCUT2D eigenvalue weighted by Gasteiger charge is 2.13. The maximum absolute atomic E-state index is 4.62. The second-order valence-electron chi connectivity index (χ2n) is 12.4. The first-order valence-corrected chi connectivity index (χ1v) is 18.2. The number of hydrogen-bond acceptors (Lipinski definition) is 1. The second-order valence-corrected chi connectivity index (χ2v) is 12.4. The van der Waals surface area contributed by atoms with E-state index in [2.05, 4.69) is 164 Å². The molecule has 1 nitrogen and oxygen atoms in total. The van der Waals surface area contributed by atoms with Crippen LogP contribution in [-0.4, -0.2) is 4.98 Å². The highest BCUT2D eigenvalue weighted by atomic mass is 14.7. The lowest BCUT2D eigenvalue weighted by molar-refractivity contribution is 1.17.